The van der Waals surface area contributed by atoms with Gasteiger partial charge in [0.15, 0.2) is 5.25 Å². The first-order chi connectivity index (χ1) is 8.79. The summed E-state index contributed by atoms with van der Waals surface area (Å²) in [5, 5.41) is 2.43. The van der Waals surface area contributed by atoms with Gasteiger partial charge in [-0.1, -0.05) is 0 Å². The van der Waals surface area contributed by atoms with Gasteiger partial charge in [-0.25, -0.2) is 13.1 Å². The summed E-state index contributed by atoms with van der Waals surface area (Å²) in [4.78, 5) is 13.1. The van der Waals surface area contributed by atoms with E-state index in [0.29, 0.717) is 12.1 Å². The minimum Gasteiger partial charge on any atom is -0.348 e. The zero-order chi connectivity index (χ0) is 14.2. The first-order valence-electron chi connectivity index (χ1n) is 6.78. The summed E-state index contributed by atoms with van der Waals surface area (Å²) in [6.07, 6.45) is 3.88. The van der Waals surface area contributed by atoms with Gasteiger partial charge in [0, 0.05) is 32.2 Å². The number of carbonyl (C=O) groups is 1. The van der Waals surface area contributed by atoms with Crippen LogP contribution in [0.5, 0.6) is 0 Å². The molecule has 3 unspecified atom stereocenters. The zero-order valence-corrected chi connectivity index (χ0v) is 12.5. The largest absolute Gasteiger partial charge is 0.348 e. The molecule has 0 radical (unpaired) electrons. The standard InChI is InChI=1S/C12H23N3O3S/c1-8(12(16)15(2)3)19(17,18)14-11-6-9-4-5-10(7-11)13-9/h8-11,13-14H,4-7H2,1-3H3. The summed E-state index contributed by atoms with van der Waals surface area (Å²) in [6, 6.07) is 0.804. The molecule has 2 N–H and O–H groups in total. The Kier molecular flexibility index (Phi) is 4.17. The van der Waals surface area contributed by atoms with Crippen LogP contribution in [-0.4, -0.2) is 56.7 Å². The Morgan fingerprint density at radius 2 is 1.79 bits per heavy atom. The van der Waals surface area contributed by atoms with Crippen LogP contribution in [0.15, 0.2) is 0 Å². The molecule has 0 aromatic rings. The van der Waals surface area contributed by atoms with Gasteiger partial charge in [-0.05, 0) is 32.6 Å². The summed E-state index contributed by atoms with van der Waals surface area (Å²) in [7, 11) is -0.455. The second-order valence-electron chi connectivity index (χ2n) is 5.84. The molecule has 2 aliphatic rings. The highest BCUT2D eigenvalue weighted by Crippen LogP contribution is 2.27. The van der Waals surface area contributed by atoms with Crippen LogP contribution >= 0.6 is 0 Å². The van der Waals surface area contributed by atoms with E-state index in [1.54, 1.807) is 14.1 Å². The number of nitrogens with one attached hydrogen (secondary N) is 2. The highest BCUT2D eigenvalue weighted by Gasteiger charge is 2.37. The third-order valence-corrected chi connectivity index (χ3v) is 5.85. The van der Waals surface area contributed by atoms with Crippen LogP contribution < -0.4 is 10.0 Å². The van der Waals surface area contributed by atoms with Gasteiger partial charge in [-0.15, -0.1) is 0 Å². The lowest BCUT2D eigenvalue weighted by Crippen LogP contribution is -2.51. The summed E-state index contributed by atoms with van der Waals surface area (Å²) in [6.45, 7) is 1.44. The van der Waals surface area contributed by atoms with Gasteiger partial charge < -0.3 is 10.2 Å². The lowest BCUT2D eigenvalue weighted by Gasteiger charge is -2.30. The van der Waals surface area contributed by atoms with E-state index in [-0.39, 0.29) is 11.9 Å². The molecule has 2 saturated heterocycles. The number of piperidine rings is 1. The number of hydrogen-bond donors (Lipinski definition) is 2. The van der Waals surface area contributed by atoms with Crippen LogP contribution in [0.2, 0.25) is 0 Å². The second-order valence-corrected chi connectivity index (χ2v) is 7.88. The molecule has 0 aromatic heterocycles. The van der Waals surface area contributed by atoms with E-state index in [1.807, 2.05) is 0 Å². The second kappa shape index (κ2) is 5.38. The molecule has 2 fully saturated rings. The van der Waals surface area contributed by atoms with E-state index in [1.165, 1.54) is 11.8 Å². The molecular weight excluding hydrogens is 266 g/mol. The first-order valence-corrected chi connectivity index (χ1v) is 8.32. The molecule has 0 aromatic carbocycles. The number of fused-ring (bicyclic) bond motifs is 2. The van der Waals surface area contributed by atoms with Gasteiger partial charge in [0.1, 0.15) is 0 Å². The maximum atomic E-state index is 12.2. The van der Waals surface area contributed by atoms with Gasteiger partial charge in [-0.3, -0.25) is 4.79 Å². The number of hydrogen-bond acceptors (Lipinski definition) is 4. The van der Waals surface area contributed by atoms with Crippen molar-refractivity contribution in [3.05, 3.63) is 0 Å². The van der Waals surface area contributed by atoms with E-state index in [0.717, 1.165) is 25.7 Å². The number of rotatable bonds is 4. The molecule has 2 rings (SSSR count). The Hall–Kier alpha value is -0.660. The van der Waals surface area contributed by atoms with Crippen molar-refractivity contribution in [2.75, 3.05) is 14.1 Å². The maximum absolute atomic E-state index is 12.2. The molecule has 110 valence electrons. The Bertz CT molecular complexity index is 437. The number of sulfonamides is 1. The summed E-state index contributed by atoms with van der Waals surface area (Å²) in [5.41, 5.74) is 0. The van der Waals surface area contributed by atoms with E-state index in [4.69, 9.17) is 0 Å². The Labute approximate surface area is 115 Å². The molecule has 0 aliphatic carbocycles. The third-order valence-electron chi connectivity index (χ3n) is 4.06. The van der Waals surface area contributed by atoms with Crippen LogP contribution in [0.4, 0.5) is 0 Å². The van der Waals surface area contributed by atoms with E-state index in [9.17, 15) is 13.2 Å². The normalized spacial score (nSPS) is 32.1. The zero-order valence-electron chi connectivity index (χ0n) is 11.7. The highest BCUT2D eigenvalue weighted by atomic mass is 32.2. The molecule has 0 saturated carbocycles. The molecule has 7 heteroatoms. The average molecular weight is 289 g/mol. The molecule has 6 nitrogen and oxygen atoms in total. The van der Waals surface area contributed by atoms with Crippen molar-refractivity contribution in [2.45, 2.75) is 56.0 Å². The van der Waals surface area contributed by atoms with Crippen molar-refractivity contribution in [3.8, 4) is 0 Å². The van der Waals surface area contributed by atoms with Crippen molar-refractivity contribution in [1.29, 1.82) is 0 Å². The molecule has 19 heavy (non-hydrogen) atoms. The topological polar surface area (TPSA) is 78.5 Å². The summed E-state index contributed by atoms with van der Waals surface area (Å²) >= 11 is 0. The lowest BCUT2D eigenvalue weighted by atomic mass is 10.0. The predicted molar refractivity (Wildman–Crippen MR) is 73.2 cm³/mol. The van der Waals surface area contributed by atoms with Gasteiger partial charge in [0.2, 0.25) is 15.9 Å². The monoisotopic (exact) mass is 289 g/mol. The Morgan fingerprint density at radius 1 is 1.26 bits per heavy atom. The van der Waals surface area contributed by atoms with E-state index >= 15 is 0 Å². The van der Waals surface area contributed by atoms with Crippen molar-refractivity contribution < 1.29 is 13.2 Å². The van der Waals surface area contributed by atoms with Crippen molar-refractivity contribution in [1.82, 2.24) is 14.9 Å². The molecular formula is C12H23N3O3S. The van der Waals surface area contributed by atoms with Gasteiger partial charge >= 0.3 is 0 Å². The average Bonchev–Trinajstić information content (AvgIpc) is 2.66. The number of carbonyl (C=O) groups excluding carboxylic acids is 1. The predicted octanol–water partition coefficient (Wildman–Crippen LogP) is -0.334. The SMILES string of the molecule is CC(C(=O)N(C)C)S(=O)(=O)NC1CC2CCC(C1)N2. The molecule has 2 bridgehead atoms. The first kappa shape index (κ1) is 14.7. The van der Waals surface area contributed by atoms with E-state index < -0.39 is 15.3 Å². The Balaban J connectivity index is 1.99. The number of amides is 1. The maximum Gasteiger partial charge on any atom is 0.241 e. The number of nitrogens with zero attached hydrogens (tertiary/aromatic N) is 1. The minimum atomic E-state index is -3.59. The lowest BCUT2D eigenvalue weighted by molar-refractivity contribution is -0.127. The quantitative estimate of drug-likeness (QED) is 0.742. The fourth-order valence-electron chi connectivity index (χ4n) is 2.98. The third kappa shape index (κ3) is 3.27. The summed E-state index contributed by atoms with van der Waals surface area (Å²) in [5.74, 6) is -0.385. The smallest absolute Gasteiger partial charge is 0.241 e. The molecule has 0 spiro atoms. The van der Waals surface area contributed by atoms with Crippen LogP contribution in [0, 0.1) is 0 Å². The van der Waals surface area contributed by atoms with Crippen LogP contribution in [0.1, 0.15) is 32.6 Å². The van der Waals surface area contributed by atoms with E-state index in [2.05, 4.69) is 10.0 Å². The van der Waals surface area contributed by atoms with Crippen molar-refractivity contribution in [2.24, 2.45) is 0 Å². The molecule has 3 atom stereocenters. The Morgan fingerprint density at radius 3 is 2.26 bits per heavy atom. The van der Waals surface area contributed by atoms with Crippen molar-refractivity contribution in [3.63, 3.8) is 0 Å². The van der Waals surface area contributed by atoms with Crippen LogP contribution in [0.25, 0.3) is 0 Å². The van der Waals surface area contributed by atoms with Gasteiger partial charge in [0.05, 0.1) is 0 Å². The highest BCUT2D eigenvalue weighted by molar-refractivity contribution is 7.90. The van der Waals surface area contributed by atoms with Crippen LogP contribution in [-0.2, 0) is 14.8 Å². The fraction of sp³-hybridized carbons (Fsp3) is 0.917. The van der Waals surface area contributed by atoms with Gasteiger partial charge in [-0.2, -0.15) is 0 Å². The minimum absolute atomic E-state index is 0.0406. The fourth-order valence-corrected chi connectivity index (χ4v) is 4.32. The molecule has 2 aliphatic heterocycles. The molecule has 1 amide bonds. The van der Waals surface area contributed by atoms with Crippen molar-refractivity contribution >= 4 is 15.9 Å². The van der Waals surface area contributed by atoms with Crippen LogP contribution in [0.3, 0.4) is 0 Å². The van der Waals surface area contributed by atoms with Gasteiger partial charge in [0.25, 0.3) is 0 Å². The molecule has 2 heterocycles. The summed E-state index contributed by atoms with van der Waals surface area (Å²) < 4.78 is 27.1.